The molecule has 1 aliphatic rings. The summed E-state index contributed by atoms with van der Waals surface area (Å²) in [5.74, 6) is -0.143. The number of rotatable bonds is 6. The van der Waals surface area contributed by atoms with Gasteiger partial charge in [0.15, 0.2) is 0 Å². The Morgan fingerprint density at radius 3 is 2.56 bits per heavy atom. The van der Waals surface area contributed by atoms with E-state index in [9.17, 15) is 9.59 Å². The highest BCUT2D eigenvalue weighted by Crippen LogP contribution is 2.27. The first-order chi connectivity index (χ1) is 8.61. The zero-order valence-corrected chi connectivity index (χ0v) is 10.5. The van der Waals surface area contributed by atoms with Crippen molar-refractivity contribution in [1.82, 2.24) is 10.6 Å². The third kappa shape index (κ3) is 5.86. The molecule has 0 bridgehead atoms. The van der Waals surface area contributed by atoms with Crippen molar-refractivity contribution in [2.45, 2.75) is 32.1 Å². The fourth-order valence-corrected chi connectivity index (χ4v) is 2.34. The van der Waals surface area contributed by atoms with E-state index < -0.39 is 5.97 Å². The van der Waals surface area contributed by atoms with Crippen LogP contribution >= 0.6 is 0 Å². The molecule has 2 amide bonds. The number of carbonyl (C=O) groups excluding carboxylic acids is 1. The Hall–Kier alpha value is -1.30. The highest BCUT2D eigenvalue weighted by Gasteiger charge is 2.21. The first-order valence-electron chi connectivity index (χ1n) is 6.46. The number of aliphatic carboxylic acids is 1. The van der Waals surface area contributed by atoms with Crippen molar-refractivity contribution in [3.8, 4) is 0 Å². The predicted molar refractivity (Wildman–Crippen MR) is 66.2 cm³/mol. The summed E-state index contributed by atoms with van der Waals surface area (Å²) in [7, 11) is 0. The molecule has 2 atom stereocenters. The van der Waals surface area contributed by atoms with Crippen LogP contribution in [0.1, 0.15) is 32.1 Å². The van der Waals surface area contributed by atoms with Gasteiger partial charge in [-0.15, -0.1) is 0 Å². The Kier molecular flexibility index (Phi) is 6.49. The predicted octanol–water partition coefficient (Wildman–Crippen LogP) is 0.559. The smallest absolute Gasteiger partial charge is 0.314 e. The zero-order valence-electron chi connectivity index (χ0n) is 10.5. The van der Waals surface area contributed by atoms with Crippen LogP contribution < -0.4 is 10.6 Å². The zero-order chi connectivity index (χ0) is 13.4. The third-order valence-electron chi connectivity index (χ3n) is 3.33. The molecule has 0 aromatic heterocycles. The Bertz CT molecular complexity index is 283. The minimum Gasteiger partial charge on any atom is -0.481 e. The van der Waals surface area contributed by atoms with E-state index >= 15 is 0 Å². The van der Waals surface area contributed by atoms with Gasteiger partial charge in [0.25, 0.3) is 0 Å². The second kappa shape index (κ2) is 7.92. The maximum absolute atomic E-state index is 11.4. The van der Waals surface area contributed by atoms with Crippen molar-refractivity contribution in [3.63, 3.8) is 0 Å². The molecule has 0 heterocycles. The Morgan fingerprint density at radius 1 is 1.17 bits per heavy atom. The van der Waals surface area contributed by atoms with Gasteiger partial charge in [-0.25, -0.2) is 4.79 Å². The second-order valence-electron chi connectivity index (χ2n) is 4.86. The standard InChI is InChI=1S/C12H22N2O4/c15-8-10-3-1-2-9(6-10)7-14-12(18)13-5-4-11(16)17/h9-10,15H,1-8H2,(H,16,17)(H2,13,14,18)/t9-,10+/m0/s1. The maximum atomic E-state index is 11.4. The molecule has 18 heavy (non-hydrogen) atoms. The fourth-order valence-electron chi connectivity index (χ4n) is 2.34. The van der Waals surface area contributed by atoms with Gasteiger partial charge in [-0.1, -0.05) is 6.42 Å². The molecule has 0 aliphatic heterocycles. The SMILES string of the molecule is O=C(O)CCNC(=O)NC[C@H]1CCC[C@@H](CO)C1. The number of carboxylic acids is 1. The minimum atomic E-state index is -0.923. The molecular formula is C12H22N2O4. The number of amides is 2. The van der Waals surface area contributed by atoms with Crippen LogP contribution in [0, 0.1) is 11.8 Å². The average Bonchev–Trinajstić information content (AvgIpc) is 2.36. The molecule has 0 radical (unpaired) electrons. The summed E-state index contributed by atoms with van der Waals surface area (Å²) in [6.45, 7) is 0.960. The largest absolute Gasteiger partial charge is 0.481 e. The van der Waals surface area contributed by atoms with Gasteiger partial charge < -0.3 is 20.8 Å². The summed E-state index contributed by atoms with van der Waals surface area (Å²) in [5.41, 5.74) is 0. The molecule has 0 aromatic rings. The molecule has 0 saturated heterocycles. The molecule has 1 rings (SSSR count). The van der Waals surface area contributed by atoms with Crippen molar-refractivity contribution >= 4 is 12.0 Å². The van der Waals surface area contributed by atoms with Gasteiger partial charge in [0.05, 0.1) is 6.42 Å². The van der Waals surface area contributed by atoms with Crippen LogP contribution in [0.25, 0.3) is 0 Å². The van der Waals surface area contributed by atoms with Gasteiger partial charge in [-0.2, -0.15) is 0 Å². The molecule has 0 spiro atoms. The molecule has 0 aromatic carbocycles. The summed E-state index contributed by atoms with van der Waals surface area (Å²) < 4.78 is 0. The van der Waals surface area contributed by atoms with E-state index in [2.05, 4.69) is 10.6 Å². The lowest BCUT2D eigenvalue weighted by Crippen LogP contribution is -2.40. The first kappa shape index (κ1) is 14.8. The number of hydrogen-bond acceptors (Lipinski definition) is 3. The summed E-state index contributed by atoms with van der Waals surface area (Å²) in [5, 5.41) is 22.8. The lowest BCUT2D eigenvalue weighted by molar-refractivity contribution is -0.136. The number of hydrogen-bond donors (Lipinski definition) is 4. The Labute approximate surface area is 107 Å². The van der Waals surface area contributed by atoms with Crippen LogP contribution in [0.15, 0.2) is 0 Å². The Balaban J connectivity index is 2.12. The summed E-state index contributed by atoms with van der Waals surface area (Å²) in [4.78, 5) is 21.6. The van der Waals surface area contributed by atoms with Crippen LogP contribution in [0.4, 0.5) is 4.79 Å². The topological polar surface area (TPSA) is 98.7 Å². The number of urea groups is 1. The summed E-state index contributed by atoms with van der Waals surface area (Å²) in [6.07, 6.45) is 4.12. The van der Waals surface area contributed by atoms with E-state index in [1.54, 1.807) is 0 Å². The van der Waals surface area contributed by atoms with Gasteiger partial charge >= 0.3 is 12.0 Å². The van der Waals surface area contributed by atoms with E-state index in [4.69, 9.17) is 10.2 Å². The van der Waals surface area contributed by atoms with Crippen molar-refractivity contribution in [1.29, 1.82) is 0 Å². The molecule has 1 saturated carbocycles. The third-order valence-corrected chi connectivity index (χ3v) is 3.33. The number of aliphatic hydroxyl groups excluding tert-OH is 1. The highest BCUT2D eigenvalue weighted by atomic mass is 16.4. The van der Waals surface area contributed by atoms with Crippen LogP contribution in [0.3, 0.4) is 0 Å². The lowest BCUT2D eigenvalue weighted by Gasteiger charge is -2.27. The number of carboxylic acid groups (broad SMARTS) is 1. The monoisotopic (exact) mass is 258 g/mol. The molecule has 0 unspecified atom stereocenters. The number of carbonyl (C=O) groups is 2. The van der Waals surface area contributed by atoms with E-state index in [0.29, 0.717) is 18.4 Å². The highest BCUT2D eigenvalue weighted by molar-refractivity contribution is 5.74. The normalized spacial score (nSPS) is 23.4. The first-order valence-corrected chi connectivity index (χ1v) is 6.46. The number of nitrogens with one attached hydrogen (secondary N) is 2. The lowest BCUT2D eigenvalue weighted by atomic mass is 9.82. The van der Waals surface area contributed by atoms with Gasteiger partial charge in [-0.05, 0) is 31.1 Å². The number of aliphatic hydroxyl groups is 1. The van der Waals surface area contributed by atoms with Gasteiger partial charge in [-0.3, -0.25) is 4.79 Å². The van der Waals surface area contributed by atoms with Crippen molar-refractivity contribution in [2.75, 3.05) is 19.7 Å². The van der Waals surface area contributed by atoms with Crippen LogP contribution in [0.2, 0.25) is 0 Å². The van der Waals surface area contributed by atoms with Gasteiger partial charge in [0, 0.05) is 19.7 Å². The van der Waals surface area contributed by atoms with Crippen LogP contribution in [-0.4, -0.2) is 41.9 Å². The molecule has 1 aliphatic carbocycles. The molecule has 6 heteroatoms. The molecule has 6 nitrogen and oxygen atoms in total. The summed E-state index contributed by atoms with van der Waals surface area (Å²) >= 11 is 0. The van der Waals surface area contributed by atoms with E-state index in [1.807, 2.05) is 0 Å². The Morgan fingerprint density at radius 2 is 1.89 bits per heavy atom. The van der Waals surface area contributed by atoms with E-state index in [-0.39, 0.29) is 25.6 Å². The van der Waals surface area contributed by atoms with Gasteiger partial charge in [0.1, 0.15) is 0 Å². The van der Waals surface area contributed by atoms with E-state index in [0.717, 1.165) is 25.7 Å². The van der Waals surface area contributed by atoms with Crippen LogP contribution in [0.5, 0.6) is 0 Å². The van der Waals surface area contributed by atoms with Crippen molar-refractivity contribution in [2.24, 2.45) is 11.8 Å². The van der Waals surface area contributed by atoms with Crippen LogP contribution in [-0.2, 0) is 4.79 Å². The average molecular weight is 258 g/mol. The molecule has 4 N–H and O–H groups in total. The molecule has 104 valence electrons. The van der Waals surface area contributed by atoms with Crippen molar-refractivity contribution in [3.05, 3.63) is 0 Å². The molecule has 1 fully saturated rings. The minimum absolute atomic E-state index is 0.0660. The second-order valence-corrected chi connectivity index (χ2v) is 4.86. The molecular weight excluding hydrogens is 236 g/mol. The quantitative estimate of drug-likeness (QED) is 0.559. The summed E-state index contributed by atoms with van der Waals surface area (Å²) in [6, 6.07) is -0.317. The van der Waals surface area contributed by atoms with Crippen molar-refractivity contribution < 1.29 is 19.8 Å². The fraction of sp³-hybridized carbons (Fsp3) is 0.833. The maximum Gasteiger partial charge on any atom is 0.314 e. The van der Waals surface area contributed by atoms with E-state index in [1.165, 1.54) is 0 Å². The van der Waals surface area contributed by atoms with Gasteiger partial charge in [0.2, 0.25) is 0 Å².